The van der Waals surface area contributed by atoms with Crippen molar-refractivity contribution in [1.29, 1.82) is 0 Å². The fourth-order valence-electron chi connectivity index (χ4n) is 3.95. The second-order valence-electron chi connectivity index (χ2n) is 7.04. The zero-order valence-corrected chi connectivity index (χ0v) is 14.3. The molecule has 3 nitrogen and oxygen atoms in total. The van der Waals surface area contributed by atoms with Gasteiger partial charge in [0.15, 0.2) is 0 Å². The van der Waals surface area contributed by atoms with Crippen LogP contribution in [0.4, 0.5) is 5.69 Å². The number of para-hydroxylation sites is 1. The molecule has 0 radical (unpaired) electrons. The van der Waals surface area contributed by atoms with Crippen LogP contribution in [0.25, 0.3) is 0 Å². The lowest BCUT2D eigenvalue weighted by molar-refractivity contribution is 0.190. The van der Waals surface area contributed by atoms with Gasteiger partial charge >= 0.3 is 0 Å². The molecule has 2 aliphatic heterocycles. The molecule has 1 saturated heterocycles. The number of benzene rings is 2. The summed E-state index contributed by atoms with van der Waals surface area (Å²) in [6.07, 6.45) is 3.66. The van der Waals surface area contributed by atoms with Gasteiger partial charge < -0.3 is 10.6 Å². The van der Waals surface area contributed by atoms with Gasteiger partial charge in [-0.1, -0.05) is 48.5 Å². The normalized spacial score (nSPS) is 18.3. The minimum atomic E-state index is 0.647. The number of nitrogens with zero attached hydrogens (tertiary/aromatic N) is 1. The molecule has 3 heteroatoms. The van der Waals surface area contributed by atoms with Gasteiger partial charge in [-0.3, -0.25) is 4.90 Å². The summed E-state index contributed by atoms with van der Waals surface area (Å²) < 4.78 is 0. The molecule has 24 heavy (non-hydrogen) atoms. The van der Waals surface area contributed by atoms with Crippen LogP contribution in [0.15, 0.2) is 48.5 Å². The van der Waals surface area contributed by atoms with Gasteiger partial charge in [0.05, 0.1) is 0 Å². The van der Waals surface area contributed by atoms with Crippen LogP contribution in [0.2, 0.25) is 0 Å². The summed E-state index contributed by atoms with van der Waals surface area (Å²) in [5.74, 6) is 0. The fourth-order valence-corrected chi connectivity index (χ4v) is 3.95. The molecule has 0 bridgehead atoms. The summed E-state index contributed by atoms with van der Waals surface area (Å²) in [5, 5.41) is 7.33. The highest BCUT2D eigenvalue weighted by Gasteiger charge is 2.20. The van der Waals surface area contributed by atoms with Crippen molar-refractivity contribution in [3.8, 4) is 0 Å². The number of anilines is 1. The van der Waals surface area contributed by atoms with Crippen molar-refractivity contribution in [2.24, 2.45) is 0 Å². The SMILES string of the molecule is c1ccc(CN2CCC(NCc3cccc4c3NCC4)CC2)cc1. The first-order valence-corrected chi connectivity index (χ1v) is 9.23. The van der Waals surface area contributed by atoms with Gasteiger partial charge in [0.25, 0.3) is 0 Å². The molecule has 2 N–H and O–H groups in total. The number of nitrogens with one attached hydrogen (secondary N) is 2. The predicted molar refractivity (Wildman–Crippen MR) is 100 cm³/mol. The van der Waals surface area contributed by atoms with Gasteiger partial charge in [-0.15, -0.1) is 0 Å². The van der Waals surface area contributed by atoms with Crippen molar-refractivity contribution in [3.63, 3.8) is 0 Å². The molecule has 0 spiro atoms. The van der Waals surface area contributed by atoms with Crippen LogP contribution in [0.5, 0.6) is 0 Å². The quantitative estimate of drug-likeness (QED) is 0.884. The second kappa shape index (κ2) is 7.37. The van der Waals surface area contributed by atoms with E-state index in [0.717, 1.165) is 19.6 Å². The maximum atomic E-state index is 3.79. The Morgan fingerprint density at radius 3 is 2.67 bits per heavy atom. The van der Waals surface area contributed by atoms with Crippen molar-refractivity contribution in [1.82, 2.24) is 10.2 Å². The molecule has 0 atom stereocenters. The number of rotatable bonds is 5. The van der Waals surface area contributed by atoms with Crippen molar-refractivity contribution in [2.75, 3.05) is 25.0 Å². The highest BCUT2D eigenvalue weighted by Crippen LogP contribution is 2.26. The molecule has 2 heterocycles. The summed E-state index contributed by atoms with van der Waals surface area (Å²) in [7, 11) is 0. The van der Waals surface area contributed by atoms with Crippen LogP contribution in [0, 0.1) is 0 Å². The van der Waals surface area contributed by atoms with Gasteiger partial charge in [0.2, 0.25) is 0 Å². The lowest BCUT2D eigenvalue weighted by Gasteiger charge is -2.32. The minimum Gasteiger partial charge on any atom is -0.384 e. The van der Waals surface area contributed by atoms with Crippen LogP contribution in [-0.4, -0.2) is 30.6 Å². The Bertz CT molecular complexity index is 660. The summed E-state index contributed by atoms with van der Waals surface area (Å²) in [4.78, 5) is 2.58. The standard InChI is InChI=1S/C21H27N3/c1-2-5-17(6-3-1)16-24-13-10-20(11-14-24)23-15-19-8-4-7-18-9-12-22-21(18)19/h1-8,20,22-23H,9-16H2. The molecule has 0 unspecified atom stereocenters. The smallest absolute Gasteiger partial charge is 0.0419 e. The molecular formula is C21H27N3. The topological polar surface area (TPSA) is 27.3 Å². The van der Waals surface area contributed by atoms with Crippen molar-refractivity contribution in [2.45, 2.75) is 38.4 Å². The lowest BCUT2D eigenvalue weighted by atomic mass is 10.0. The first-order valence-electron chi connectivity index (χ1n) is 9.23. The Balaban J connectivity index is 1.26. The molecule has 126 valence electrons. The third-order valence-corrected chi connectivity index (χ3v) is 5.35. The zero-order valence-electron chi connectivity index (χ0n) is 14.3. The van der Waals surface area contributed by atoms with E-state index in [-0.39, 0.29) is 0 Å². The number of piperidine rings is 1. The first kappa shape index (κ1) is 15.7. The zero-order chi connectivity index (χ0) is 16.2. The summed E-state index contributed by atoms with van der Waals surface area (Å²) in [5.41, 5.74) is 5.71. The van der Waals surface area contributed by atoms with E-state index < -0.39 is 0 Å². The van der Waals surface area contributed by atoms with E-state index in [4.69, 9.17) is 0 Å². The molecule has 2 aliphatic rings. The van der Waals surface area contributed by atoms with Crippen LogP contribution in [0.1, 0.15) is 29.5 Å². The van der Waals surface area contributed by atoms with Crippen LogP contribution in [-0.2, 0) is 19.5 Å². The summed E-state index contributed by atoms with van der Waals surface area (Å²) >= 11 is 0. The van der Waals surface area contributed by atoms with E-state index in [9.17, 15) is 0 Å². The Labute approximate surface area is 145 Å². The van der Waals surface area contributed by atoms with Gasteiger partial charge in [-0.25, -0.2) is 0 Å². The highest BCUT2D eigenvalue weighted by molar-refractivity contribution is 5.61. The average Bonchev–Trinajstić information content (AvgIpc) is 3.11. The van der Waals surface area contributed by atoms with Gasteiger partial charge in [-0.05, 0) is 49.0 Å². The third kappa shape index (κ3) is 3.63. The van der Waals surface area contributed by atoms with Crippen LogP contribution in [0.3, 0.4) is 0 Å². The number of fused-ring (bicyclic) bond motifs is 1. The monoisotopic (exact) mass is 321 g/mol. The van der Waals surface area contributed by atoms with Gasteiger partial charge in [-0.2, -0.15) is 0 Å². The average molecular weight is 321 g/mol. The minimum absolute atomic E-state index is 0.647. The molecule has 0 saturated carbocycles. The molecule has 0 aliphatic carbocycles. The maximum absolute atomic E-state index is 3.79. The number of hydrogen-bond donors (Lipinski definition) is 2. The van der Waals surface area contributed by atoms with E-state index in [0.29, 0.717) is 6.04 Å². The van der Waals surface area contributed by atoms with E-state index in [1.54, 1.807) is 0 Å². The second-order valence-corrected chi connectivity index (χ2v) is 7.04. The number of hydrogen-bond acceptors (Lipinski definition) is 3. The molecular weight excluding hydrogens is 294 g/mol. The molecule has 0 aromatic heterocycles. The molecule has 2 aromatic rings. The molecule has 4 rings (SSSR count). The predicted octanol–water partition coefficient (Wildman–Crippen LogP) is 3.41. The Morgan fingerprint density at radius 2 is 1.83 bits per heavy atom. The highest BCUT2D eigenvalue weighted by atomic mass is 15.1. The van der Waals surface area contributed by atoms with Crippen molar-refractivity contribution < 1.29 is 0 Å². The van der Waals surface area contributed by atoms with E-state index >= 15 is 0 Å². The van der Waals surface area contributed by atoms with Crippen molar-refractivity contribution in [3.05, 3.63) is 65.2 Å². The molecule has 0 amide bonds. The van der Waals surface area contributed by atoms with E-state index in [1.165, 1.54) is 54.7 Å². The Kier molecular flexibility index (Phi) is 4.81. The Morgan fingerprint density at radius 1 is 1.00 bits per heavy atom. The van der Waals surface area contributed by atoms with Gasteiger partial charge in [0, 0.05) is 31.4 Å². The van der Waals surface area contributed by atoms with E-state index in [2.05, 4.69) is 64.1 Å². The first-order chi connectivity index (χ1) is 11.9. The van der Waals surface area contributed by atoms with Crippen molar-refractivity contribution >= 4 is 5.69 Å². The lowest BCUT2D eigenvalue weighted by Crippen LogP contribution is -2.41. The third-order valence-electron chi connectivity index (χ3n) is 5.35. The maximum Gasteiger partial charge on any atom is 0.0419 e. The van der Waals surface area contributed by atoms with Crippen LogP contribution < -0.4 is 10.6 Å². The molecule has 2 aromatic carbocycles. The summed E-state index contributed by atoms with van der Waals surface area (Å²) in [6.45, 7) is 5.54. The van der Waals surface area contributed by atoms with Gasteiger partial charge in [0.1, 0.15) is 0 Å². The van der Waals surface area contributed by atoms with E-state index in [1.807, 2.05) is 0 Å². The van der Waals surface area contributed by atoms with Crippen LogP contribution >= 0.6 is 0 Å². The largest absolute Gasteiger partial charge is 0.384 e. The number of likely N-dealkylation sites (tertiary alicyclic amines) is 1. The Hall–Kier alpha value is -1.84. The summed E-state index contributed by atoms with van der Waals surface area (Å²) in [6, 6.07) is 18.2. The molecule has 1 fully saturated rings. The fraction of sp³-hybridized carbons (Fsp3) is 0.429.